The maximum Gasteiger partial charge on any atom is 0.273 e. The molecular weight excluding hydrogens is 294 g/mol. The van der Waals surface area contributed by atoms with Crippen molar-refractivity contribution < 1.29 is 9.59 Å². The van der Waals surface area contributed by atoms with Crippen LogP contribution in [0.25, 0.3) is 10.9 Å². The van der Waals surface area contributed by atoms with Gasteiger partial charge in [-0.25, -0.2) is 0 Å². The maximum absolute atomic E-state index is 12.4. The molecule has 1 aliphatic heterocycles. The largest absolute Gasteiger partial charge is 0.341 e. The molecule has 1 atom stereocenters. The third-order valence-electron chi connectivity index (χ3n) is 4.25. The van der Waals surface area contributed by atoms with Crippen molar-refractivity contribution in [3.63, 3.8) is 0 Å². The number of carbonyl (C=O) groups excluding carboxylic acids is 2. The lowest BCUT2D eigenvalue weighted by Gasteiger charge is -2.32. The predicted octanol–water partition coefficient (Wildman–Crippen LogP) is 0.631. The van der Waals surface area contributed by atoms with E-state index in [0.29, 0.717) is 18.8 Å². The highest BCUT2D eigenvalue weighted by Gasteiger charge is 2.26. The SMILES string of the molecule is CC(NC(=O)c1n[nH]c2ccccc12)C(=O)N1CCC(N)CC1. The number of aromatic amines is 1. The van der Waals surface area contributed by atoms with Gasteiger partial charge in [0.05, 0.1) is 5.52 Å². The minimum atomic E-state index is -0.590. The summed E-state index contributed by atoms with van der Waals surface area (Å²) < 4.78 is 0. The van der Waals surface area contributed by atoms with E-state index in [1.54, 1.807) is 11.8 Å². The van der Waals surface area contributed by atoms with E-state index in [2.05, 4.69) is 15.5 Å². The number of hydrogen-bond donors (Lipinski definition) is 3. The van der Waals surface area contributed by atoms with Crippen molar-refractivity contribution in [3.05, 3.63) is 30.0 Å². The Kier molecular flexibility index (Phi) is 4.29. The van der Waals surface area contributed by atoms with Gasteiger partial charge >= 0.3 is 0 Å². The number of H-pyrrole nitrogens is 1. The average molecular weight is 315 g/mol. The number of rotatable bonds is 3. The number of carbonyl (C=O) groups is 2. The van der Waals surface area contributed by atoms with Crippen molar-refractivity contribution in [2.45, 2.75) is 31.8 Å². The summed E-state index contributed by atoms with van der Waals surface area (Å²) >= 11 is 0. The molecule has 0 radical (unpaired) electrons. The molecule has 1 unspecified atom stereocenters. The minimum absolute atomic E-state index is 0.0786. The van der Waals surface area contributed by atoms with Gasteiger partial charge in [0.1, 0.15) is 6.04 Å². The van der Waals surface area contributed by atoms with Crippen LogP contribution in [-0.2, 0) is 4.79 Å². The first-order chi connectivity index (χ1) is 11.1. The molecule has 0 bridgehead atoms. The number of amides is 2. The van der Waals surface area contributed by atoms with E-state index >= 15 is 0 Å². The van der Waals surface area contributed by atoms with Gasteiger partial charge in [-0.3, -0.25) is 14.7 Å². The Labute approximate surface area is 134 Å². The van der Waals surface area contributed by atoms with Crippen LogP contribution in [0, 0.1) is 0 Å². The van der Waals surface area contributed by atoms with Crippen molar-refractivity contribution in [2.75, 3.05) is 13.1 Å². The van der Waals surface area contributed by atoms with Crippen molar-refractivity contribution in [3.8, 4) is 0 Å². The Balaban J connectivity index is 1.66. The van der Waals surface area contributed by atoms with E-state index in [0.717, 1.165) is 23.7 Å². The third-order valence-corrected chi connectivity index (χ3v) is 4.25. The Morgan fingerprint density at radius 1 is 1.35 bits per heavy atom. The number of nitrogens with zero attached hydrogens (tertiary/aromatic N) is 2. The summed E-state index contributed by atoms with van der Waals surface area (Å²) in [6.45, 7) is 2.99. The number of fused-ring (bicyclic) bond motifs is 1. The average Bonchev–Trinajstić information content (AvgIpc) is 2.99. The molecule has 7 nitrogen and oxygen atoms in total. The second-order valence-corrected chi connectivity index (χ2v) is 5.98. The molecule has 0 spiro atoms. The lowest BCUT2D eigenvalue weighted by molar-refractivity contribution is -0.133. The van der Waals surface area contributed by atoms with Gasteiger partial charge in [0, 0.05) is 24.5 Å². The molecule has 1 aliphatic rings. The van der Waals surface area contributed by atoms with E-state index in [4.69, 9.17) is 5.73 Å². The molecule has 1 aromatic carbocycles. The van der Waals surface area contributed by atoms with Gasteiger partial charge in [0.15, 0.2) is 5.69 Å². The highest BCUT2D eigenvalue weighted by Crippen LogP contribution is 2.15. The molecule has 2 aromatic rings. The fourth-order valence-electron chi connectivity index (χ4n) is 2.86. The number of likely N-dealkylation sites (tertiary alicyclic amines) is 1. The van der Waals surface area contributed by atoms with Gasteiger partial charge in [-0.15, -0.1) is 0 Å². The first kappa shape index (κ1) is 15.5. The van der Waals surface area contributed by atoms with Crippen LogP contribution in [0.5, 0.6) is 0 Å². The molecule has 4 N–H and O–H groups in total. The molecule has 0 aliphatic carbocycles. The molecule has 23 heavy (non-hydrogen) atoms. The number of piperidine rings is 1. The van der Waals surface area contributed by atoms with E-state index in [-0.39, 0.29) is 17.9 Å². The first-order valence-corrected chi connectivity index (χ1v) is 7.84. The number of hydrogen-bond acceptors (Lipinski definition) is 4. The van der Waals surface area contributed by atoms with Crippen LogP contribution in [0.3, 0.4) is 0 Å². The van der Waals surface area contributed by atoms with Gasteiger partial charge in [0.2, 0.25) is 5.91 Å². The number of nitrogens with one attached hydrogen (secondary N) is 2. The summed E-state index contributed by atoms with van der Waals surface area (Å²) in [7, 11) is 0. The smallest absolute Gasteiger partial charge is 0.273 e. The lowest BCUT2D eigenvalue weighted by atomic mass is 10.1. The molecule has 0 saturated carbocycles. The molecule has 7 heteroatoms. The van der Waals surface area contributed by atoms with Gasteiger partial charge in [0.25, 0.3) is 5.91 Å². The van der Waals surface area contributed by atoms with Gasteiger partial charge in [-0.05, 0) is 25.8 Å². The molecule has 1 aromatic heterocycles. The molecule has 2 amide bonds. The number of aromatic nitrogens is 2. The summed E-state index contributed by atoms with van der Waals surface area (Å²) in [5.74, 6) is -0.429. The van der Waals surface area contributed by atoms with Crippen molar-refractivity contribution in [1.29, 1.82) is 0 Å². The summed E-state index contributed by atoms with van der Waals surface area (Å²) in [6, 6.07) is 6.97. The van der Waals surface area contributed by atoms with Crippen LogP contribution in [0.4, 0.5) is 0 Å². The zero-order chi connectivity index (χ0) is 16.4. The highest BCUT2D eigenvalue weighted by molar-refractivity contribution is 6.05. The Bertz CT molecular complexity index is 718. The van der Waals surface area contributed by atoms with Gasteiger partial charge < -0.3 is 16.0 Å². The van der Waals surface area contributed by atoms with Crippen LogP contribution in [-0.4, -0.2) is 52.1 Å². The zero-order valence-corrected chi connectivity index (χ0v) is 13.1. The van der Waals surface area contributed by atoms with Crippen LogP contribution < -0.4 is 11.1 Å². The van der Waals surface area contributed by atoms with E-state index in [9.17, 15) is 9.59 Å². The molecular formula is C16H21N5O2. The van der Waals surface area contributed by atoms with Gasteiger partial charge in [-0.1, -0.05) is 18.2 Å². The standard InChI is InChI=1S/C16H21N5O2/c1-10(16(23)21-8-6-11(17)7-9-21)18-15(22)14-12-4-2-3-5-13(12)19-20-14/h2-5,10-11H,6-9,17H2,1H3,(H,18,22)(H,19,20). The van der Waals surface area contributed by atoms with Gasteiger partial charge in [-0.2, -0.15) is 5.10 Å². The minimum Gasteiger partial charge on any atom is -0.341 e. The fourth-order valence-corrected chi connectivity index (χ4v) is 2.86. The predicted molar refractivity (Wildman–Crippen MR) is 86.8 cm³/mol. The maximum atomic E-state index is 12.4. The normalized spacial score (nSPS) is 17.2. The van der Waals surface area contributed by atoms with E-state index in [1.807, 2.05) is 24.3 Å². The van der Waals surface area contributed by atoms with Crippen LogP contribution in [0.2, 0.25) is 0 Å². The molecule has 1 saturated heterocycles. The Morgan fingerprint density at radius 2 is 2.04 bits per heavy atom. The second-order valence-electron chi connectivity index (χ2n) is 5.98. The van der Waals surface area contributed by atoms with Crippen LogP contribution in [0.1, 0.15) is 30.3 Å². The summed E-state index contributed by atoms with van der Waals surface area (Å²) in [5, 5.41) is 10.4. The lowest BCUT2D eigenvalue weighted by Crippen LogP contribution is -2.51. The summed E-state index contributed by atoms with van der Waals surface area (Å²) in [4.78, 5) is 26.6. The number of benzene rings is 1. The van der Waals surface area contributed by atoms with Crippen molar-refractivity contribution in [2.24, 2.45) is 5.73 Å². The molecule has 122 valence electrons. The summed E-state index contributed by atoms with van der Waals surface area (Å²) in [6.07, 6.45) is 1.60. The summed E-state index contributed by atoms with van der Waals surface area (Å²) in [5.41, 5.74) is 6.95. The first-order valence-electron chi connectivity index (χ1n) is 7.84. The third kappa shape index (κ3) is 3.19. The van der Waals surface area contributed by atoms with Crippen molar-refractivity contribution in [1.82, 2.24) is 20.4 Å². The molecule has 1 fully saturated rings. The van der Waals surface area contributed by atoms with E-state index in [1.165, 1.54) is 0 Å². The monoisotopic (exact) mass is 315 g/mol. The molecule has 3 rings (SSSR count). The quantitative estimate of drug-likeness (QED) is 0.772. The molecule has 2 heterocycles. The zero-order valence-electron chi connectivity index (χ0n) is 13.1. The van der Waals surface area contributed by atoms with Crippen LogP contribution >= 0.6 is 0 Å². The second kappa shape index (κ2) is 6.37. The topological polar surface area (TPSA) is 104 Å². The fraction of sp³-hybridized carbons (Fsp3) is 0.438. The van der Waals surface area contributed by atoms with Crippen LogP contribution in [0.15, 0.2) is 24.3 Å². The Hall–Kier alpha value is -2.41. The number of para-hydroxylation sites is 1. The highest BCUT2D eigenvalue weighted by atomic mass is 16.2. The van der Waals surface area contributed by atoms with Crippen molar-refractivity contribution >= 4 is 22.7 Å². The van der Waals surface area contributed by atoms with E-state index < -0.39 is 6.04 Å². The Morgan fingerprint density at radius 3 is 2.78 bits per heavy atom. The number of nitrogens with two attached hydrogens (primary N) is 1.